The van der Waals surface area contributed by atoms with Gasteiger partial charge >= 0.3 is 0 Å². The van der Waals surface area contributed by atoms with Crippen molar-refractivity contribution in [2.24, 2.45) is 0 Å². The Bertz CT molecular complexity index is 3150. The van der Waals surface area contributed by atoms with Gasteiger partial charge in [-0.2, -0.15) is 0 Å². The van der Waals surface area contributed by atoms with Crippen molar-refractivity contribution in [1.82, 2.24) is 4.57 Å². The van der Waals surface area contributed by atoms with Gasteiger partial charge in [0.05, 0.1) is 16.7 Å². The lowest BCUT2D eigenvalue weighted by Gasteiger charge is -2.28. The molecule has 11 rings (SSSR count). The summed E-state index contributed by atoms with van der Waals surface area (Å²) in [6, 6.07) is 79.3. The van der Waals surface area contributed by atoms with E-state index < -0.39 is 0 Å². The number of rotatable bonds is 7. The maximum atomic E-state index is 2.46. The molecule has 9 aromatic carbocycles. The third-order valence-electron chi connectivity index (χ3n) is 11.2. The number of hydrogen-bond acceptors (Lipinski definition) is 2. The van der Waals surface area contributed by atoms with Crippen LogP contribution < -0.4 is 4.90 Å². The van der Waals surface area contributed by atoms with Gasteiger partial charge in [-0.3, -0.25) is 0 Å². The van der Waals surface area contributed by atoms with Crippen LogP contribution in [0.1, 0.15) is 0 Å². The molecule has 0 amide bonds. The van der Waals surface area contributed by atoms with Gasteiger partial charge in [-0.1, -0.05) is 152 Å². The van der Waals surface area contributed by atoms with Crippen LogP contribution in [0.4, 0.5) is 17.1 Å². The van der Waals surface area contributed by atoms with E-state index in [2.05, 4.69) is 228 Å². The average Bonchev–Trinajstić information content (AvgIpc) is 3.84. The topological polar surface area (TPSA) is 8.17 Å². The van der Waals surface area contributed by atoms with Gasteiger partial charge < -0.3 is 9.47 Å². The van der Waals surface area contributed by atoms with Crippen molar-refractivity contribution in [3.05, 3.63) is 218 Å². The normalized spacial score (nSPS) is 11.5. The highest BCUT2D eigenvalue weighted by Gasteiger charge is 2.22. The van der Waals surface area contributed by atoms with Gasteiger partial charge in [0.15, 0.2) is 0 Å². The fourth-order valence-corrected chi connectivity index (χ4v) is 9.82. The first-order valence-corrected chi connectivity index (χ1v) is 20.2. The summed E-state index contributed by atoms with van der Waals surface area (Å²) in [6.07, 6.45) is 0. The molecule has 0 N–H and O–H groups in total. The summed E-state index contributed by atoms with van der Waals surface area (Å²) >= 11 is 1.88. The molecule has 2 nitrogen and oxygen atoms in total. The summed E-state index contributed by atoms with van der Waals surface area (Å²) in [5.41, 5.74) is 14.2. The monoisotopic (exact) mass is 744 g/mol. The zero-order valence-electron chi connectivity index (χ0n) is 31.1. The molecule has 268 valence electrons. The van der Waals surface area contributed by atoms with Crippen LogP contribution in [0.3, 0.4) is 0 Å². The Morgan fingerprint density at radius 1 is 0.368 bits per heavy atom. The second-order valence-corrected chi connectivity index (χ2v) is 15.6. The van der Waals surface area contributed by atoms with E-state index in [0.29, 0.717) is 0 Å². The lowest BCUT2D eigenvalue weighted by Crippen LogP contribution is -2.10. The Morgan fingerprint density at radius 2 is 0.930 bits per heavy atom. The maximum Gasteiger partial charge on any atom is 0.0555 e. The lowest BCUT2D eigenvalue weighted by molar-refractivity contribution is 1.18. The molecule has 0 spiro atoms. The molecule has 0 aliphatic rings. The number of benzene rings is 9. The van der Waals surface area contributed by atoms with Crippen LogP contribution in [0.5, 0.6) is 0 Å². The number of anilines is 3. The third-order valence-corrected chi connectivity index (χ3v) is 12.4. The van der Waals surface area contributed by atoms with Crippen LogP contribution in [0.25, 0.3) is 81.0 Å². The van der Waals surface area contributed by atoms with Gasteiger partial charge in [-0.05, 0) is 100 Å². The van der Waals surface area contributed by atoms with Crippen LogP contribution >= 0.6 is 11.3 Å². The van der Waals surface area contributed by atoms with Crippen molar-refractivity contribution in [3.8, 4) is 39.1 Å². The Balaban J connectivity index is 1.15. The molecule has 0 fully saturated rings. The summed E-state index contributed by atoms with van der Waals surface area (Å²) < 4.78 is 4.94. The molecule has 0 aliphatic carbocycles. The first kappa shape index (κ1) is 33.2. The van der Waals surface area contributed by atoms with Crippen LogP contribution in [0.2, 0.25) is 0 Å². The molecule has 0 bridgehead atoms. The summed E-state index contributed by atoms with van der Waals surface area (Å²) in [5, 5.41) is 5.03. The summed E-state index contributed by atoms with van der Waals surface area (Å²) in [4.78, 5) is 2.46. The summed E-state index contributed by atoms with van der Waals surface area (Å²) in [7, 11) is 0. The van der Waals surface area contributed by atoms with Crippen molar-refractivity contribution in [3.63, 3.8) is 0 Å². The van der Waals surface area contributed by atoms with Crippen LogP contribution in [0, 0.1) is 0 Å². The van der Waals surface area contributed by atoms with E-state index >= 15 is 0 Å². The second kappa shape index (κ2) is 13.8. The lowest BCUT2D eigenvalue weighted by atomic mass is 9.98. The summed E-state index contributed by atoms with van der Waals surface area (Å²) in [6.45, 7) is 0. The van der Waals surface area contributed by atoms with E-state index in [4.69, 9.17) is 0 Å². The molecule has 0 saturated heterocycles. The summed E-state index contributed by atoms with van der Waals surface area (Å²) in [5.74, 6) is 0. The van der Waals surface area contributed by atoms with Crippen molar-refractivity contribution in [2.45, 2.75) is 0 Å². The van der Waals surface area contributed by atoms with Crippen molar-refractivity contribution in [1.29, 1.82) is 0 Å². The number of aromatic nitrogens is 1. The third kappa shape index (κ3) is 5.71. The largest absolute Gasteiger partial charge is 0.310 e. The SMILES string of the molecule is c1ccc(-c2cccc(N(c3cccc(-c4ccccc4)c3)c3ccc(-c4ccc5c(c4)c4ccccc4n5-c4ccccc4)c4sc5ccccc5c34)c2)cc1. The van der Waals surface area contributed by atoms with Crippen molar-refractivity contribution in [2.75, 3.05) is 4.90 Å². The molecule has 57 heavy (non-hydrogen) atoms. The smallest absolute Gasteiger partial charge is 0.0555 e. The average molecular weight is 745 g/mol. The number of nitrogens with zero attached hydrogens (tertiary/aromatic N) is 2. The Hall–Kier alpha value is -7.20. The van der Waals surface area contributed by atoms with Crippen molar-refractivity contribution < 1.29 is 0 Å². The molecule has 0 aliphatic heterocycles. The molecule has 0 saturated carbocycles. The predicted octanol–water partition coefficient (Wildman–Crippen LogP) is 15.6. The van der Waals surface area contributed by atoms with E-state index in [1.807, 2.05) is 11.3 Å². The molecule has 2 aromatic heterocycles. The first-order chi connectivity index (χ1) is 28.3. The minimum absolute atomic E-state index is 1.11. The number of thiophene rings is 1. The fraction of sp³-hybridized carbons (Fsp3) is 0. The highest BCUT2D eigenvalue weighted by atomic mass is 32.1. The minimum atomic E-state index is 1.11. The van der Waals surface area contributed by atoms with E-state index in [1.54, 1.807) is 0 Å². The zero-order chi connectivity index (χ0) is 37.7. The zero-order valence-corrected chi connectivity index (χ0v) is 31.9. The van der Waals surface area contributed by atoms with Crippen LogP contribution in [0.15, 0.2) is 218 Å². The molecule has 0 atom stereocenters. The van der Waals surface area contributed by atoms with Gasteiger partial charge in [-0.15, -0.1) is 11.3 Å². The standard InChI is InChI=1S/C54H36N2S/c1-4-16-37(17-5-1)39-20-14-24-43(34-39)55(44-25-15-21-40(35-44)38-18-6-2-7-19-38)51-33-31-45(54-53(51)47-27-11-13-29-52(47)57-54)41-30-32-50-48(36-41)46-26-10-12-28-49(46)56(50)42-22-8-3-9-23-42/h1-36H. The Kier molecular flexibility index (Phi) is 8.04. The van der Waals surface area contributed by atoms with Gasteiger partial charge in [-0.25, -0.2) is 0 Å². The van der Waals surface area contributed by atoms with Crippen molar-refractivity contribution >= 4 is 70.4 Å². The highest BCUT2D eigenvalue weighted by molar-refractivity contribution is 7.26. The molecule has 3 heteroatoms. The fourth-order valence-electron chi connectivity index (χ4n) is 8.56. The maximum absolute atomic E-state index is 2.46. The Morgan fingerprint density at radius 3 is 1.61 bits per heavy atom. The first-order valence-electron chi connectivity index (χ1n) is 19.4. The van der Waals surface area contributed by atoms with Gasteiger partial charge in [0, 0.05) is 48.0 Å². The number of fused-ring (bicyclic) bond motifs is 6. The second-order valence-electron chi connectivity index (χ2n) is 14.5. The van der Waals surface area contributed by atoms with Gasteiger partial charge in [0.1, 0.15) is 0 Å². The van der Waals surface area contributed by atoms with E-state index in [-0.39, 0.29) is 0 Å². The molecular weight excluding hydrogens is 709 g/mol. The van der Waals surface area contributed by atoms with E-state index in [1.165, 1.54) is 81.0 Å². The number of hydrogen-bond donors (Lipinski definition) is 0. The highest BCUT2D eigenvalue weighted by Crippen LogP contribution is 2.49. The molecular formula is C54H36N2S. The molecule has 0 unspecified atom stereocenters. The van der Waals surface area contributed by atoms with Gasteiger partial charge in [0.25, 0.3) is 0 Å². The van der Waals surface area contributed by atoms with Gasteiger partial charge in [0.2, 0.25) is 0 Å². The van der Waals surface area contributed by atoms with Crippen LogP contribution in [-0.2, 0) is 0 Å². The quantitative estimate of drug-likeness (QED) is 0.158. The molecule has 2 heterocycles. The number of para-hydroxylation sites is 2. The van der Waals surface area contributed by atoms with E-state index in [0.717, 1.165) is 17.1 Å². The molecule has 0 radical (unpaired) electrons. The predicted molar refractivity (Wildman–Crippen MR) is 245 cm³/mol. The molecule has 11 aromatic rings. The Labute approximate surface area is 335 Å². The van der Waals surface area contributed by atoms with Crippen LogP contribution in [-0.4, -0.2) is 4.57 Å². The van der Waals surface area contributed by atoms with E-state index in [9.17, 15) is 0 Å². The minimum Gasteiger partial charge on any atom is -0.310 e.